The summed E-state index contributed by atoms with van der Waals surface area (Å²) in [4.78, 5) is 16.9. The molecule has 2 aromatic rings. The van der Waals surface area contributed by atoms with Gasteiger partial charge in [0, 0.05) is 10.7 Å². The van der Waals surface area contributed by atoms with Gasteiger partial charge in [0.05, 0.1) is 12.6 Å². The largest absolute Gasteiger partial charge is 0.465 e. The first-order chi connectivity index (χ1) is 11.7. The molecule has 1 aromatic heterocycles. The second-order valence-electron chi connectivity index (χ2n) is 5.45. The molecule has 0 spiro atoms. The Balaban J connectivity index is 2.15. The maximum atomic E-state index is 12.7. The Morgan fingerprint density at radius 2 is 2.29 bits per heavy atom. The Morgan fingerprint density at radius 1 is 1.46 bits per heavy atom. The number of aromatic nitrogens is 3. The highest BCUT2D eigenvalue weighted by Crippen LogP contribution is 2.39. The third kappa shape index (κ3) is 3.01. The highest BCUT2D eigenvalue weighted by Gasteiger charge is 2.41. The van der Waals surface area contributed by atoms with Gasteiger partial charge in [-0.15, -0.1) is 0 Å². The Morgan fingerprint density at radius 3 is 3.00 bits per heavy atom. The lowest BCUT2D eigenvalue weighted by atomic mass is 9.88. The molecule has 1 N–H and O–H groups in total. The molecule has 0 bridgehead atoms. The number of anilines is 1. The SMILES string of the molecule is CC/C=C1/Nc2ncnn2[C@@H](c2cccc(Cl)c2)[C@@H]1C(=O)OCC. The zero-order valence-electron chi connectivity index (χ0n) is 13.6. The van der Waals surface area contributed by atoms with E-state index in [1.807, 2.05) is 31.2 Å². The summed E-state index contributed by atoms with van der Waals surface area (Å²) in [6.07, 6.45) is 4.24. The van der Waals surface area contributed by atoms with Crippen LogP contribution in [0.25, 0.3) is 0 Å². The number of carbonyl (C=O) groups excluding carboxylic acids is 1. The summed E-state index contributed by atoms with van der Waals surface area (Å²) in [5, 5.41) is 8.10. The highest BCUT2D eigenvalue weighted by atomic mass is 35.5. The van der Waals surface area contributed by atoms with Gasteiger partial charge in [-0.3, -0.25) is 4.79 Å². The van der Waals surface area contributed by atoms with Crippen molar-refractivity contribution in [2.45, 2.75) is 26.3 Å². The van der Waals surface area contributed by atoms with E-state index < -0.39 is 5.92 Å². The molecule has 2 atom stereocenters. The second kappa shape index (κ2) is 7.05. The lowest BCUT2D eigenvalue weighted by Crippen LogP contribution is -2.38. The van der Waals surface area contributed by atoms with Crippen LogP contribution in [0.15, 0.2) is 42.4 Å². The van der Waals surface area contributed by atoms with Crippen molar-refractivity contribution >= 4 is 23.5 Å². The first-order valence-electron chi connectivity index (χ1n) is 7.94. The van der Waals surface area contributed by atoms with Crippen molar-refractivity contribution in [1.82, 2.24) is 14.8 Å². The second-order valence-corrected chi connectivity index (χ2v) is 5.89. The number of ether oxygens (including phenoxy) is 1. The van der Waals surface area contributed by atoms with Crippen LogP contribution < -0.4 is 5.32 Å². The number of nitrogens with zero attached hydrogens (tertiary/aromatic N) is 3. The monoisotopic (exact) mass is 346 g/mol. The molecule has 7 heteroatoms. The average molecular weight is 347 g/mol. The topological polar surface area (TPSA) is 69.0 Å². The van der Waals surface area contributed by atoms with Crippen molar-refractivity contribution in [2.24, 2.45) is 5.92 Å². The molecular weight excluding hydrogens is 328 g/mol. The number of fused-ring (bicyclic) bond motifs is 1. The first-order valence-corrected chi connectivity index (χ1v) is 8.32. The van der Waals surface area contributed by atoms with E-state index in [0.29, 0.717) is 17.6 Å². The third-order valence-electron chi connectivity index (χ3n) is 3.90. The van der Waals surface area contributed by atoms with Crippen LogP contribution in [0.2, 0.25) is 5.02 Å². The molecule has 6 nitrogen and oxygen atoms in total. The maximum absolute atomic E-state index is 12.7. The lowest BCUT2D eigenvalue weighted by Gasteiger charge is -2.33. The summed E-state index contributed by atoms with van der Waals surface area (Å²) in [5.74, 6) is -0.228. The van der Waals surface area contributed by atoms with E-state index in [1.54, 1.807) is 17.7 Å². The smallest absolute Gasteiger partial charge is 0.317 e. The molecular formula is C17H19ClN4O2. The van der Waals surface area contributed by atoms with Crippen molar-refractivity contribution in [1.29, 1.82) is 0 Å². The van der Waals surface area contributed by atoms with Gasteiger partial charge in [0.15, 0.2) is 0 Å². The summed E-state index contributed by atoms with van der Waals surface area (Å²) in [6, 6.07) is 7.08. The quantitative estimate of drug-likeness (QED) is 0.859. The Hall–Kier alpha value is -2.34. The number of halogens is 1. The van der Waals surface area contributed by atoms with Gasteiger partial charge in [-0.05, 0) is 31.0 Å². The Bertz CT molecular complexity index is 771. The normalized spacial score (nSPS) is 21.2. The molecule has 1 aromatic carbocycles. The summed E-state index contributed by atoms with van der Waals surface area (Å²) in [5.41, 5.74) is 1.66. The average Bonchev–Trinajstić information content (AvgIpc) is 3.02. The molecule has 0 radical (unpaired) electrons. The fourth-order valence-corrected chi connectivity index (χ4v) is 3.17. The predicted molar refractivity (Wildman–Crippen MR) is 91.7 cm³/mol. The van der Waals surface area contributed by atoms with Gasteiger partial charge in [0.25, 0.3) is 0 Å². The zero-order chi connectivity index (χ0) is 17.1. The van der Waals surface area contributed by atoms with Gasteiger partial charge < -0.3 is 10.1 Å². The standard InChI is InChI=1S/C17H19ClN4O2/c1-3-6-13-14(16(23)24-4-2)15(11-7-5-8-12(18)9-11)22-17(21-13)19-10-20-22/h5-10,14-15H,3-4H2,1-2H3,(H,19,20,21)/b13-6+/t14-,15+/m1/s1. The van der Waals surface area contributed by atoms with Crippen molar-refractivity contribution in [3.05, 3.63) is 53.0 Å². The summed E-state index contributed by atoms with van der Waals surface area (Å²) in [6.45, 7) is 4.14. The molecule has 1 aliphatic rings. The molecule has 0 unspecified atom stereocenters. The van der Waals surface area contributed by atoms with E-state index in [4.69, 9.17) is 16.3 Å². The number of carbonyl (C=O) groups is 1. The summed E-state index contributed by atoms with van der Waals surface area (Å²) >= 11 is 6.16. The third-order valence-corrected chi connectivity index (χ3v) is 4.13. The van der Waals surface area contributed by atoms with E-state index in [-0.39, 0.29) is 12.0 Å². The first kappa shape index (κ1) is 16.5. The minimum Gasteiger partial charge on any atom is -0.465 e. The Kier molecular flexibility index (Phi) is 4.85. The van der Waals surface area contributed by atoms with E-state index in [9.17, 15) is 4.79 Å². The number of benzene rings is 1. The van der Waals surface area contributed by atoms with E-state index in [2.05, 4.69) is 15.4 Å². The molecule has 24 heavy (non-hydrogen) atoms. The van der Waals surface area contributed by atoms with Crippen molar-refractivity contribution in [3.8, 4) is 0 Å². The van der Waals surface area contributed by atoms with E-state index in [1.165, 1.54) is 6.33 Å². The number of allylic oxidation sites excluding steroid dienone is 1. The van der Waals surface area contributed by atoms with Crippen molar-refractivity contribution < 1.29 is 9.53 Å². The molecule has 3 rings (SSSR count). The number of esters is 1. The van der Waals surface area contributed by atoms with Gasteiger partial charge in [0.1, 0.15) is 12.2 Å². The fourth-order valence-electron chi connectivity index (χ4n) is 2.97. The van der Waals surface area contributed by atoms with Gasteiger partial charge in [-0.1, -0.05) is 36.7 Å². The van der Waals surface area contributed by atoms with Gasteiger partial charge in [0.2, 0.25) is 5.95 Å². The molecule has 0 amide bonds. The molecule has 1 aliphatic heterocycles. The Labute approximate surface area is 145 Å². The van der Waals surface area contributed by atoms with Gasteiger partial charge in [-0.2, -0.15) is 10.1 Å². The van der Waals surface area contributed by atoms with Crippen LogP contribution in [0, 0.1) is 5.92 Å². The van der Waals surface area contributed by atoms with Crippen molar-refractivity contribution in [3.63, 3.8) is 0 Å². The molecule has 0 aliphatic carbocycles. The number of hydrogen-bond acceptors (Lipinski definition) is 5. The van der Waals surface area contributed by atoms with Gasteiger partial charge >= 0.3 is 5.97 Å². The minimum absolute atomic E-state index is 0.296. The van der Waals surface area contributed by atoms with Crippen LogP contribution >= 0.6 is 11.6 Å². The summed E-state index contributed by atoms with van der Waals surface area (Å²) in [7, 11) is 0. The highest BCUT2D eigenvalue weighted by molar-refractivity contribution is 6.30. The molecule has 0 saturated carbocycles. The molecule has 0 fully saturated rings. The predicted octanol–water partition coefficient (Wildman–Crippen LogP) is 3.42. The van der Waals surface area contributed by atoms with Crippen LogP contribution in [0.5, 0.6) is 0 Å². The summed E-state index contributed by atoms with van der Waals surface area (Å²) < 4.78 is 7.03. The zero-order valence-corrected chi connectivity index (χ0v) is 14.3. The van der Waals surface area contributed by atoms with E-state index in [0.717, 1.165) is 17.7 Å². The minimum atomic E-state index is -0.530. The maximum Gasteiger partial charge on any atom is 0.317 e. The molecule has 126 valence electrons. The van der Waals surface area contributed by atoms with Gasteiger partial charge in [-0.25, -0.2) is 4.68 Å². The van der Waals surface area contributed by atoms with E-state index >= 15 is 0 Å². The number of rotatable bonds is 4. The van der Waals surface area contributed by atoms with Crippen molar-refractivity contribution in [2.75, 3.05) is 11.9 Å². The van der Waals surface area contributed by atoms with Crippen LogP contribution in [-0.4, -0.2) is 27.3 Å². The fraction of sp³-hybridized carbons (Fsp3) is 0.353. The van der Waals surface area contributed by atoms with Crippen LogP contribution in [0.1, 0.15) is 31.9 Å². The van der Waals surface area contributed by atoms with Crippen LogP contribution in [0.3, 0.4) is 0 Å². The number of nitrogens with one attached hydrogen (secondary N) is 1. The number of hydrogen-bond donors (Lipinski definition) is 1. The van der Waals surface area contributed by atoms with Crippen LogP contribution in [0.4, 0.5) is 5.95 Å². The molecule has 0 saturated heterocycles. The van der Waals surface area contributed by atoms with Crippen LogP contribution in [-0.2, 0) is 9.53 Å². The molecule has 2 heterocycles. The lowest BCUT2D eigenvalue weighted by molar-refractivity contribution is -0.147.